The molecular weight excluding hydrogens is 576 g/mol. The number of nitro benzene ring substituents is 1. The van der Waals surface area contributed by atoms with Gasteiger partial charge >= 0.3 is 6.01 Å². The molecule has 0 amide bonds. The van der Waals surface area contributed by atoms with Crippen molar-refractivity contribution in [3.8, 4) is 34.0 Å². The largest absolute Gasteiger partial charge is 0.424 e. The van der Waals surface area contributed by atoms with E-state index in [-0.39, 0.29) is 11.7 Å². The molecule has 0 aliphatic heterocycles. The molecule has 9 heteroatoms. The summed E-state index contributed by atoms with van der Waals surface area (Å²) in [5, 5.41) is 11.4. The molecule has 0 N–H and O–H groups in total. The van der Waals surface area contributed by atoms with Crippen LogP contribution in [0.15, 0.2) is 145 Å². The van der Waals surface area contributed by atoms with E-state index in [0.29, 0.717) is 11.6 Å². The van der Waals surface area contributed by atoms with Crippen LogP contribution in [0.5, 0.6) is 11.8 Å². The van der Waals surface area contributed by atoms with Crippen molar-refractivity contribution in [2.75, 3.05) is 0 Å². The molecule has 0 aliphatic rings. The minimum Gasteiger partial charge on any atom is -0.424 e. The summed E-state index contributed by atoms with van der Waals surface area (Å²) < 4.78 is 7.94. The number of ether oxygens (including phenoxy) is 1. The molecule has 0 atom stereocenters. The number of fused-ring (bicyclic) bond motifs is 1. The monoisotopic (exact) mass is 602 g/mol. The molecule has 3 aromatic heterocycles. The summed E-state index contributed by atoms with van der Waals surface area (Å²) >= 11 is 0. The van der Waals surface area contributed by atoms with Gasteiger partial charge in [0.25, 0.3) is 5.69 Å². The van der Waals surface area contributed by atoms with Gasteiger partial charge in [0.1, 0.15) is 5.75 Å². The fourth-order valence-corrected chi connectivity index (χ4v) is 5.54. The molecule has 7 rings (SSSR count). The van der Waals surface area contributed by atoms with Gasteiger partial charge in [-0.15, -0.1) is 0 Å². The molecule has 46 heavy (non-hydrogen) atoms. The van der Waals surface area contributed by atoms with Crippen molar-refractivity contribution in [2.45, 2.75) is 6.92 Å². The summed E-state index contributed by atoms with van der Waals surface area (Å²) in [4.78, 5) is 29.4. The molecule has 0 saturated heterocycles. The van der Waals surface area contributed by atoms with Gasteiger partial charge in [0, 0.05) is 64.9 Å². The second-order valence-electron chi connectivity index (χ2n) is 10.5. The number of aromatic nitrogens is 4. The average molecular weight is 603 g/mol. The van der Waals surface area contributed by atoms with Gasteiger partial charge in [0.2, 0.25) is 0 Å². The van der Waals surface area contributed by atoms with E-state index >= 15 is 0 Å². The molecule has 0 spiro atoms. The summed E-state index contributed by atoms with van der Waals surface area (Å²) in [6.45, 7) is 2.03. The van der Waals surface area contributed by atoms with E-state index in [1.165, 1.54) is 12.1 Å². The zero-order valence-corrected chi connectivity index (χ0v) is 24.7. The van der Waals surface area contributed by atoms with Gasteiger partial charge in [0.15, 0.2) is 5.82 Å². The molecule has 4 aromatic carbocycles. The third-order valence-corrected chi connectivity index (χ3v) is 7.65. The number of nitro groups is 1. The average Bonchev–Trinajstić information content (AvgIpc) is 3.41. The van der Waals surface area contributed by atoms with Crippen LogP contribution in [0, 0.1) is 17.0 Å². The van der Waals surface area contributed by atoms with Crippen molar-refractivity contribution in [1.82, 2.24) is 19.4 Å². The molecule has 0 aliphatic carbocycles. The van der Waals surface area contributed by atoms with Gasteiger partial charge in [-0.3, -0.25) is 10.1 Å². The quantitative estimate of drug-likeness (QED) is 0.0979. The Balaban J connectivity index is 1.46. The third kappa shape index (κ3) is 5.48. The first-order chi connectivity index (χ1) is 22.6. The lowest BCUT2D eigenvalue weighted by Gasteiger charge is -2.11. The minimum absolute atomic E-state index is 0.0265. The number of rotatable bonds is 8. The molecule has 7 aromatic rings. The second kappa shape index (κ2) is 12.3. The van der Waals surface area contributed by atoms with Crippen LogP contribution in [0.3, 0.4) is 0 Å². The number of hydrogen-bond acceptors (Lipinski definition) is 7. The molecule has 0 radical (unpaired) electrons. The smallest absolute Gasteiger partial charge is 0.321 e. The maximum Gasteiger partial charge on any atom is 0.321 e. The highest BCUT2D eigenvalue weighted by Crippen LogP contribution is 2.43. The Labute approximate surface area is 264 Å². The predicted octanol–water partition coefficient (Wildman–Crippen LogP) is 8.64. The van der Waals surface area contributed by atoms with Crippen LogP contribution in [-0.4, -0.2) is 30.0 Å². The molecular formula is C37H26N6O3. The first-order valence-electron chi connectivity index (χ1n) is 14.6. The Bertz CT molecular complexity index is 2140. The number of aryl methyl sites for hydroxylation is 1. The van der Waals surface area contributed by atoms with E-state index in [1.807, 2.05) is 98.0 Å². The third-order valence-electron chi connectivity index (χ3n) is 7.65. The van der Waals surface area contributed by atoms with E-state index in [9.17, 15) is 10.1 Å². The summed E-state index contributed by atoms with van der Waals surface area (Å²) in [5.41, 5.74) is 8.02. The summed E-state index contributed by atoms with van der Waals surface area (Å²) in [7, 11) is 0. The van der Waals surface area contributed by atoms with Crippen molar-refractivity contribution >= 4 is 22.7 Å². The van der Waals surface area contributed by atoms with Gasteiger partial charge in [-0.25, -0.2) is 19.9 Å². The van der Waals surface area contributed by atoms with Crippen LogP contribution >= 0.6 is 0 Å². The summed E-state index contributed by atoms with van der Waals surface area (Å²) in [6.07, 6.45) is 6.90. The predicted molar refractivity (Wildman–Crippen MR) is 178 cm³/mol. The van der Waals surface area contributed by atoms with E-state index in [1.54, 1.807) is 36.8 Å². The number of aliphatic imine (C=N–C) groups is 1. The molecule has 9 nitrogen and oxygen atoms in total. The van der Waals surface area contributed by atoms with Crippen LogP contribution in [0.1, 0.15) is 16.8 Å². The van der Waals surface area contributed by atoms with E-state index in [2.05, 4.69) is 14.4 Å². The Morgan fingerprint density at radius 2 is 1.30 bits per heavy atom. The highest BCUT2D eigenvalue weighted by Gasteiger charge is 2.23. The van der Waals surface area contributed by atoms with Gasteiger partial charge in [0.05, 0.1) is 16.2 Å². The molecule has 0 saturated carbocycles. The lowest BCUT2D eigenvalue weighted by molar-refractivity contribution is -0.384. The Morgan fingerprint density at radius 1 is 0.717 bits per heavy atom. The highest BCUT2D eigenvalue weighted by molar-refractivity contribution is 6.14. The Morgan fingerprint density at radius 3 is 1.91 bits per heavy atom. The standard InChI is InChI=1S/C37H26N6O3/c1-25-32(26-13-17-30(18-14-26)43(44)45)33(27-15-19-31(20-16-27)46-37-39-21-8-22-40-37)35-36(38-23-24-42(25)35)41-34(28-9-4-2-5-10-28)29-11-6-3-7-12-29/h2-24H,1H3. The van der Waals surface area contributed by atoms with Gasteiger partial charge in [-0.05, 0) is 48.4 Å². The van der Waals surface area contributed by atoms with Gasteiger partial charge in [-0.1, -0.05) is 72.8 Å². The van der Waals surface area contributed by atoms with Crippen molar-refractivity contribution in [2.24, 2.45) is 4.99 Å². The molecule has 0 bridgehead atoms. The SMILES string of the molecule is Cc1c(-c2ccc([N+](=O)[O-])cc2)c(-c2ccc(Oc3ncccn3)cc2)c2c(N=C(c3ccccc3)c3ccccc3)nccn12. The zero-order chi connectivity index (χ0) is 31.5. The first kappa shape index (κ1) is 28.3. The molecule has 0 fully saturated rings. The number of benzene rings is 4. The molecule has 0 unspecified atom stereocenters. The first-order valence-corrected chi connectivity index (χ1v) is 14.6. The van der Waals surface area contributed by atoms with Crippen molar-refractivity contribution in [3.05, 3.63) is 167 Å². The van der Waals surface area contributed by atoms with Gasteiger partial charge in [-0.2, -0.15) is 0 Å². The van der Waals surface area contributed by atoms with Crippen molar-refractivity contribution in [3.63, 3.8) is 0 Å². The van der Waals surface area contributed by atoms with Crippen LogP contribution in [0.2, 0.25) is 0 Å². The fraction of sp³-hybridized carbons (Fsp3) is 0.0270. The summed E-state index contributed by atoms with van der Waals surface area (Å²) in [5.74, 6) is 1.12. The highest BCUT2D eigenvalue weighted by atomic mass is 16.6. The van der Waals surface area contributed by atoms with Crippen LogP contribution < -0.4 is 4.74 Å². The van der Waals surface area contributed by atoms with E-state index in [4.69, 9.17) is 14.7 Å². The molecule has 222 valence electrons. The summed E-state index contributed by atoms with van der Waals surface area (Å²) in [6, 6.07) is 36.3. The van der Waals surface area contributed by atoms with Crippen molar-refractivity contribution < 1.29 is 9.66 Å². The normalized spacial score (nSPS) is 10.9. The number of nitrogens with zero attached hydrogens (tertiary/aromatic N) is 6. The maximum atomic E-state index is 11.4. The van der Waals surface area contributed by atoms with Gasteiger partial charge < -0.3 is 9.14 Å². The lowest BCUT2D eigenvalue weighted by Crippen LogP contribution is -2.03. The lowest BCUT2D eigenvalue weighted by atomic mass is 9.95. The van der Waals surface area contributed by atoms with E-state index < -0.39 is 4.92 Å². The maximum absolute atomic E-state index is 11.4. The second-order valence-corrected chi connectivity index (χ2v) is 10.5. The van der Waals surface area contributed by atoms with E-state index in [0.717, 1.165) is 50.3 Å². The Kier molecular flexibility index (Phi) is 7.54. The number of non-ortho nitro benzene ring substituents is 1. The Hall–Kier alpha value is -6.48. The van der Waals surface area contributed by atoms with Crippen LogP contribution in [0.4, 0.5) is 11.5 Å². The zero-order valence-electron chi connectivity index (χ0n) is 24.7. The van der Waals surface area contributed by atoms with Crippen LogP contribution in [-0.2, 0) is 0 Å². The number of hydrogen-bond donors (Lipinski definition) is 0. The fourth-order valence-electron chi connectivity index (χ4n) is 5.54. The van der Waals surface area contributed by atoms with Crippen molar-refractivity contribution in [1.29, 1.82) is 0 Å². The minimum atomic E-state index is -0.394. The van der Waals surface area contributed by atoms with Crippen LogP contribution in [0.25, 0.3) is 27.8 Å². The molecule has 3 heterocycles. The topological polar surface area (TPSA) is 108 Å².